The van der Waals surface area contributed by atoms with Gasteiger partial charge in [-0.1, -0.05) is 68.9 Å². The van der Waals surface area contributed by atoms with E-state index in [1.54, 1.807) is 60.7 Å². The second kappa shape index (κ2) is 11.6. The maximum Gasteiger partial charge on any atom is 0.339 e. The molecular weight excluding hydrogens is 548 g/mol. The Labute approximate surface area is 238 Å². The standard InChI is InChI=1S/C29H34N2O7SSi/c1-28(2,3)40(4,5)38-22-18-24(31-17-16-23(32)30-27(31)35)39-29(22,37-26(34)21-14-10-7-11-15-21)19-36-25(33)20-12-8-6-9-13-20/h6-17,22,24H,18-19H2,1-5H3,(H,30,32,35)/t22-,24+,29-/m0/s1. The minimum atomic E-state index is -2.45. The highest BCUT2D eigenvalue weighted by Crippen LogP contribution is 2.53. The lowest BCUT2D eigenvalue weighted by Crippen LogP contribution is -2.53. The highest BCUT2D eigenvalue weighted by atomic mass is 32.2. The number of ether oxygens (including phenoxy) is 2. The maximum atomic E-state index is 13.4. The number of nitrogens with one attached hydrogen (secondary N) is 1. The molecular formula is C29H34N2O7SSi. The Morgan fingerprint density at radius 3 is 2.10 bits per heavy atom. The first kappa shape index (κ1) is 29.6. The van der Waals surface area contributed by atoms with Crippen LogP contribution < -0.4 is 11.2 Å². The van der Waals surface area contributed by atoms with Gasteiger partial charge in [0.1, 0.15) is 12.7 Å². The number of carbonyl (C=O) groups excluding carboxylic acids is 2. The molecule has 0 radical (unpaired) electrons. The van der Waals surface area contributed by atoms with Crippen molar-refractivity contribution in [3.63, 3.8) is 0 Å². The number of rotatable bonds is 8. The molecule has 0 amide bonds. The van der Waals surface area contributed by atoms with Gasteiger partial charge >= 0.3 is 17.6 Å². The Balaban J connectivity index is 1.76. The molecule has 4 rings (SSSR count). The number of hydrogen-bond donors (Lipinski definition) is 1. The first-order valence-electron chi connectivity index (χ1n) is 13.0. The van der Waals surface area contributed by atoms with Crippen molar-refractivity contribution in [2.45, 2.75) is 61.7 Å². The zero-order valence-corrected chi connectivity index (χ0v) is 25.0. The summed E-state index contributed by atoms with van der Waals surface area (Å²) in [5.41, 5.74) is -0.433. The third kappa shape index (κ3) is 6.48. The Morgan fingerprint density at radius 1 is 0.975 bits per heavy atom. The Hall–Kier alpha value is -3.41. The second-order valence-corrected chi connectivity index (χ2v) is 17.4. The van der Waals surface area contributed by atoms with Crippen molar-refractivity contribution >= 4 is 32.0 Å². The number of esters is 2. The molecule has 11 heteroatoms. The number of aromatic nitrogens is 2. The van der Waals surface area contributed by atoms with Gasteiger partial charge in [-0.2, -0.15) is 0 Å². The number of thioether (sulfide) groups is 1. The lowest BCUT2D eigenvalue weighted by atomic mass is 10.1. The third-order valence-corrected chi connectivity index (χ3v) is 13.4. The molecule has 1 N–H and O–H groups in total. The van der Waals surface area contributed by atoms with Crippen LogP contribution in [0.3, 0.4) is 0 Å². The van der Waals surface area contributed by atoms with Gasteiger partial charge in [0, 0.05) is 18.7 Å². The van der Waals surface area contributed by atoms with Crippen LogP contribution in [0.15, 0.2) is 82.5 Å². The van der Waals surface area contributed by atoms with Gasteiger partial charge < -0.3 is 13.9 Å². The first-order valence-corrected chi connectivity index (χ1v) is 16.8. The summed E-state index contributed by atoms with van der Waals surface area (Å²) in [6.45, 7) is 10.1. The summed E-state index contributed by atoms with van der Waals surface area (Å²) < 4.78 is 20.2. The van der Waals surface area contributed by atoms with Gasteiger partial charge in [0.05, 0.1) is 16.5 Å². The molecule has 3 aromatic rings. The normalized spacial score (nSPS) is 21.1. The van der Waals surface area contributed by atoms with Crippen LogP contribution >= 0.6 is 11.8 Å². The van der Waals surface area contributed by atoms with Crippen LogP contribution in [0.5, 0.6) is 0 Å². The van der Waals surface area contributed by atoms with Crippen molar-refractivity contribution in [1.29, 1.82) is 0 Å². The maximum absolute atomic E-state index is 13.4. The van der Waals surface area contributed by atoms with Gasteiger partial charge in [0.25, 0.3) is 5.56 Å². The van der Waals surface area contributed by atoms with E-state index in [2.05, 4.69) is 38.8 Å². The highest BCUT2D eigenvalue weighted by molar-refractivity contribution is 8.00. The quantitative estimate of drug-likeness (QED) is 0.292. The lowest BCUT2D eigenvalue weighted by Gasteiger charge is -2.42. The third-order valence-electron chi connectivity index (χ3n) is 7.34. The topological polar surface area (TPSA) is 117 Å². The molecule has 0 unspecified atom stereocenters. The van der Waals surface area contributed by atoms with E-state index in [-0.39, 0.29) is 18.1 Å². The highest BCUT2D eigenvalue weighted by Gasteiger charge is 2.57. The van der Waals surface area contributed by atoms with Gasteiger partial charge in [0.15, 0.2) is 8.32 Å². The Bertz CT molecular complexity index is 1470. The predicted octanol–water partition coefficient (Wildman–Crippen LogP) is 4.97. The number of H-pyrrole nitrogens is 1. The summed E-state index contributed by atoms with van der Waals surface area (Å²) in [6, 6.07) is 18.3. The molecule has 2 aromatic carbocycles. The molecule has 40 heavy (non-hydrogen) atoms. The first-order chi connectivity index (χ1) is 18.8. The fourth-order valence-electron chi connectivity index (χ4n) is 4.07. The summed E-state index contributed by atoms with van der Waals surface area (Å²) in [5, 5.41) is -0.751. The van der Waals surface area contributed by atoms with Gasteiger partial charge in [-0.05, 0) is 42.4 Å². The summed E-state index contributed by atoms with van der Waals surface area (Å²) >= 11 is 1.17. The molecule has 1 saturated heterocycles. The van der Waals surface area contributed by atoms with Crippen LogP contribution in [0.4, 0.5) is 0 Å². The molecule has 9 nitrogen and oxygen atoms in total. The van der Waals surface area contributed by atoms with Gasteiger partial charge in [-0.25, -0.2) is 14.4 Å². The summed E-state index contributed by atoms with van der Waals surface area (Å²) in [5.74, 6) is -1.19. The second-order valence-electron chi connectivity index (χ2n) is 11.2. The molecule has 1 aliphatic rings. The van der Waals surface area contributed by atoms with Crippen LogP contribution in [0.2, 0.25) is 18.1 Å². The van der Waals surface area contributed by atoms with Crippen LogP contribution in [-0.4, -0.2) is 47.5 Å². The summed E-state index contributed by atoms with van der Waals surface area (Å²) in [4.78, 5) is 51.7. The fourth-order valence-corrected chi connectivity index (χ4v) is 7.07. The molecule has 212 valence electrons. The zero-order valence-electron chi connectivity index (χ0n) is 23.2. The number of hydrogen-bond acceptors (Lipinski definition) is 8. The zero-order chi connectivity index (χ0) is 29.1. The van der Waals surface area contributed by atoms with Crippen LogP contribution in [0.1, 0.15) is 53.3 Å². The van der Waals surface area contributed by atoms with Crippen molar-refractivity contribution in [3.05, 3.63) is 105 Å². The van der Waals surface area contributed by atoms with Crippen LogP contribution in [0.25, 0.3) is 0 Å². The van der Waals surface area contributed by atoms with E-state index in [1.807, 2.05) is 0 Å². The van der Waals surface area contributed by atoms with E-state index in [4.69, 9.17) is 13.9 Å². The van der Waals surface area contributed by atoms with Crippen molar-refractivity contribution < 1.29 is 23.5 Å². The summed E-state index contributed by atoms with van der Waals surface area (Å²) in [6.07, 6.45) is 0.958. The molecule has 1 aliphatic heterocycles. The largest absolute Gasteiger partial charge is 0.457 e. The lowest BCUT2D eigenvalue weighted by molar-refractivity contribution is -0.0579. The van der Waals surface area contributed by atoms with Crippen molar-refractivity contribution in [1.82, 2.24) is 9.55 Å². The van der Waals surface area contributed by atoms with Gasteiger partial charge in [0.2, 0.25) is 4.93 Å². The molecule has 0 aliphatic carbocycles. The van der Waals surface area contributed by atoms with Gasteiger partial charge in [-0.3, -0.25) is 14.3 Å². The van der Waals surface area contributed by atoms with E-state index in [1.165, 1.54) is 28.6 Å². The number of nitrogens with zero attached hydrogens (tertiary/aromatic N) is 1. The van der Waals surface area contributed by atoms with E-state index < -0.39 is 47.9 Å². The minimum absolute atomic E-state index is 0.180. The SMILES string of the molecule is CC(C)(C)[Si](C)(C)O[C@H]1C[C@H](n2ccc(=O)[nH]c2=O)S[C@]1(COC(=O)c1ccccc1)OC(=O)c1ccccc1. The average Bonchev–Trinajstić information content (AvgIpc) is 3.24. The summed E-state index contributed by atoms with van der Waals surface area (Å²) in [7, 11) is -2.45. The number of aromatic amines is 1. The van der Waals surface area contributed by atoms with E-state index in [9.17, 15) is 19.2 Å². The van der Waals surface area contributed by atoms with Crippen LogP contribution in [-0.2, 0) is 13.9 Å². The molecule has 1 fully saturated rings. The number of carbonyl (C=O) groups is 2. The minimum Gasteiger partial charge on any atom is -0.457 e. The Morgan fingerprint density at radius 2 is 1.55 bits per heavy atom. The molecule has 1 aromatic heterocycles. The smallest absolute Gasteiger partial charge is 0.339 e. The van der Waals surface area contributed by atoms with E-state index in [0.717, 1.165) is 0 Å². The average molecular weight is 583 g/mol. The van der Waals surface area contributed by atoms with Crippen molar-refractivity contribution in [2.75, 3.05) is 6.61 Å². The molecule has 0 saturated carbocycles. The van der Waals surface area contributed by atoms with Gasteiger partial charge in [-0.15, -0.1) is 0 Å². The Kier molecular flexibility index (Phi) is 8.57. The molecule has 0 bridgehead atoms. The number of benzene rings is 2. The molecule has 0 spiro atoms. The van der Waals surface area contributed by atoms with Crippen LogP contribution in [0, 0.1) is 0 Å². The van der Waals surface area contributed by atoms with E-state index in [0.29, 0.717) is 11.1 Å². The van der Waals surface area contributed by atoms with Crippen molar-refractivity contribution in [3.8, 4) is 0 Å². The fraction of sp³-hybridized carbons (Fsp3) is 0.379. The molecule has 3 atom stereocenters. The monoisotopic (exact) mass is 582 g/mol. The predicted molar refractivity (Wildman–Crippen MR) is 156 cm³/mol. The van der Waals surface area contributed by atoms with E-state index >= 15 is 0 Å². The molecule has 2 heterocycles. The van der Waals surface area contributed by atoms with Crippen molar-refractivity contribution in [2.24, 2.45) is 0 Å².